The van der Waals surface area contributed by atoms with E-state index in [1.807, 2.05) is 0 Å². The SMILES string of the molecule is COc1nccnc1OC1CCC(NS(=O)(=O)c2cc(F)cc(F)c2)CC1. The highest BCUT2D eigenvalue weighted by Gasteiger charge is 2.28. The minimum atomic E-state index is -4.01. The lowest BCUT2D eigenvalue weighted by atomic mass is 9.94. The largest absolute Gasteiger partial charge is 0.477 e. The Kier molecular flexibility index (Phi) is 5.85. The van der Waals surface area contributed by atoms with Crippen LogP contribution in [0.2, 0.25) is 0 Å². The Morgan fingerprint density at radius 1 is 1.00 bits per heavy atom. The van der Waals surface area contributed by atoms with E-state index in [1.165, 1.54) is 19.5 Å². The number of hydrogen-bond donors (Lipinski definition) is 1. The number of hydrogen-bond acceptors (Lipinski definition) is 6. The molecule has 7 nitrogen and oxygen atoms in total. The lowest BCUT2D eigenvalue weighted by molar-refractivity contribution is 0.132. The molecule has 1 heterocycles. The Labute approximate surface area is 155 Å². The van der Waals surface area contributed by atoms with E-state index in [-0.39, 0.29) is 18.0 Å². The Balaban J connectivity index is 1.59. The molecule has 0 unspecified atom stereocenters. The van der Waals surface area contributed by atoms with E-state index in [0.717, 1.165) is 12.1 Å². The van der Waals surface area contributed by atoms with Crippen molar-refractivity contribution in [2.45, 2.75) is 42.7 Å². The number of sulfonamides is 1. The summed E-state index contributed by atoms with van der Waals surface area (Å²) >= 11 is 0. The summed E-state index contributed by atoms with van der Waals surface area (Å²) in [6, 6.07) is 1.87. The maximum Gasteiger partial charge on any atom is 0.278 e. The van der Waals surface area contributed by atoms with Crippen molar-refractivity contribution in [2.24, 2.45) is 0 Å². The molecule has 1 saturated carbocycles. The number of nitrogens with one attached hydrogen (secondary N) is 1. The van der Waals surface area contributed by atoms with Crippen LogP contribution < -0.4 is 14.2 Å². The van der Waals surface area contributed by atoms with Gasteiger partial charge in [-0.1, -0.05) is 0 Å². The van der Waals surface area contributed by atoms with E-state index in [0.29, 0.717) is 37.6 Å². The van der Waals surface area contributed by atoms with Crippen molar-refractivity contribution in [3.05, 3.63) is 42.2 Å². The van der Waals surface area contributed by atoms with Gasteiger partial charge in [-0.3, -0.25) is 0 Å². The van der Waals surface area contributed by atoms with Crippen molar-refractivity contribution in [3.63, 3.8) is 0 Å². The van der Waals surface area contributed by atoms with Gasteiger partial charge in [-0.05, 0) is 37.8 Å². The second kappa shape index (κ2) is 8.13. The van der Waals surface area contributed by atoms with Gasteiger partial charge in [-0.15, -0.1) is 0 Å². The molecular weight excluding hydrogens is 380 g/mol. The van der Waals surface area contributed by atoms with Crippen molar-refractivity contribution >= 4 is 10.0 Å². The third-order valence-electron chi connectivity index (χ3n) is 4.25. The molecule has 1 N–H and O–H groups in total. The van der Waals surface area contributed by atoms with Crippen LogP contribution in [0.4, 0.5) is 8.78 Å². The fraction of sp³-hybridized carbons (Fsp3) is 0.412. The first-order valence-electron chi connectivity index (χ1n) is 8.37. The predicted molar refractivity (Wildman–Crippen MR) is 91.9 cm³/mol. The number of methoxy groups -OCH3 is 1. The maximum atomic E-state index is 13.3. The molecule has 2 aromatic rings. The average molecular weight is 399 g/mol. The normalized spacial score (nSPS) is 20.3. The molecule has 0 aliphatic heterocycles. The van der Waals surface area contributed by atoms with Crippen LogP contribution in [0, 0.1) is 11.6 Å². The molecule has 1 fully saturated rings. The second-order valence-electron chi connectivity index (χ2n) is 6.19. The molecular formula is C17H19F2N3O4S. The van der Waals surface area contributed by atoms with E-state index in [1.54, 1.807) is 0 Å². The number of aromatic nitrogens is 2. The monoisotopic (exact) mass is 399 g/mol. The Morgan fingerprint density at radius 2 is 1.59 bits per heavy atom. The average Bonchev–Trinajstić information content (AvgIpc) is 2.63. The summed E-state index contributed by atoms with van der Waals surface area (Å²) in [6.45, 7) is 0. The van der Waals surface area contributed by atoms with Crippen LogP contribution in [0.15, 0.2) is 35.5 Å². The van der Waals surface area contributed by atoms with E-state index >= 15 is 0 Å². The molecule has 0 atom stereocenters. The molecule has 27 heavy (non-hydrogen) atoms. The molecule has 1 aliphatic carbocycles. The third kappa shape index (κ3) is 4.89. The maximum absolute atomic E-state index is 13.3. The van der Waals surface area contributed by atoms with Gasteiger partial charge < -0.3 is 9.47 Å². The van der Waals surface area contributed by atoms with Gasteiger partial charge >= 0.3 is 0 Å². The molecule has 0 amide bonds. The lowest BCUT2D eigenvalue weighted by Gasteiger charge is -2.29. The molecule has 1 aromatic carbocycles. The molecule has 3 rings (SSSR count). The van der Waals surface area contributed by atoms with Gasteiger partial charge in [0, 0.05) is 24.5 Å². The topological polar surface area (TPSA) is 90.4 Å². The molecule has 10 heteroatoms. The first-order chi connectivity index (χ1) is 12.9. The van der Waals surface area contributed by atoms with Crippen molar-refractivity contribution < 1.29 is 26.7 Å². The second-order valence-corrected chi connectivity index (χ2v) is 7.90. The molecule has 0 radical (unpaired) electrons. The standard InChI is InChI=1S/C17H19F2N3O4S/c1-25-16-17(21-7-6-20-16)26-14-4-2-13(3-5-14)22-27(23,24)15-9-11(18)8-12(19)10-15/h6-10,13-14,22H,2-5H2,1H3. The summed E-state index contributed by atoms with van der Waals surface area (Å²) in [7, 11) is -2.54. The first kappa shape index (κ1) is 19.4. The quantitative estimate of drug-likeness (QED) is 0.802. The predicted octanol–water partition coefficient (Wildman–Crippen LogP) is 2.43. The van der Waals surface area contributed by atoms with Gasteiger partial charge in [0.05, 0.1) is 12.0 Å². The van der Waals surface area contributed by atoms with Gasteiger partial charge in [0.1, 0.15) is 17.7 Å². The number of rotatable bonds is 6. The lowest BCUT2D eigenvalue weighted by Crippen LogP contribution is -2.39. The fourth-order valence-corrected chi connectivity index (χ4v) is 4.31. The summed E-state index contributed by atoms with van der Waals surface area (Å²) in [4.78, 5) is 7.67. The smallest absolute Gasteiger partial charge is 0.278 e. The zero-order chi connectivity index (χ0) is 19.4. The van der Waals surface area contributed by atoms with E-state index in [4.69, 9.17) is 9.47 Å². The van der Waals surface area contributed by atoms with Gasteiger partial charge in [0.15, 0.2) is 0 Å². The molecule has 1 aromatic heterocycles. The van der Waals surface area contributed by atoms with Crippen molar-refractivity contribution in [1.29, 1.82) is 0 Å². The summed E-state index contributed by atoms with van der Waals surface area (Å²) in [5.41, 5.74) is 0. The summed E-state index contributed by atoms with van der Waals surface area (Å²) in [5.74, 6) is -1.30. The Hall–Kier alpha value is -2.33. The van der Waals surface area contributed by atoms with E-state index in [2.05, 4.69) is 14.7 Å². The molecule has 146 valence electrons. The van der Waals surface area contributed by atoms with Crippen LogP contribution >= 0.6 is 0 Å². The number of nitrogens with zero attached hydrogens (tertiary/aromatic N) is 2. The van der Waals surface area contributed by atoms with Crippen LogP contribution in [-0.4, -0.2) is 37.6 Å². The van der Waals surface area contributed by atoms with Gasteiger partial charge in [0.2, 0.25) is 10.0 Å². The highest BCUT2D eigenvalue weighted by Crippen LogP contribution is 2.27. The van der Waals surface area contributed by atoms with Crippen LogP contribution in [0.5, 0.6) is 11.8 Å². The van der Waals surface area contributed by atoms with Crippen molar-refractivity contribution in [2.75, 3.05) is 7.11 Å². The van der Waals surface area contributed by atoms with Crippen molar-refractivity contribution in [1.82, 2.24) is 14.7 Å². The number of halogens is 2. The highest BCUT2D eigenvalue weighted by atomic mass is 32.2. The van der Waals surface area contributed by atoms with E-state index < -0.39 is 26.6 Å². The molecule has 0 spiro atoms. The Morgan fingerprint density at radius 3 is 2.19 bits per heavy atom. The highest BCUT2D eigenvalue weighted by molar-refractivity contribution is 7.89. The van der Waals surface area contributed by atoms with Gasteiger partial charge in [0.25, 0.3) is 11.8 Å². The van der Waals surface area contributed by atoms with Crippen molar-refractivity contribution in [3.8, 4) is 11.8 Å². The van der Waals surface area contributed by atoms with Gasteiger partial charge in [-0.25, -0.2) is 31.9 Å². The molecule has 0 saturated heterocycles. The zero-order valence-corrected chi connectivity index (χ0v) is 15.4. The summed E-state index contributed by atoms with van der Waals surface area (Å²) in [5, 5.41) is 0. The van der Waals surface area contributed by atoms with Crippen LogP contribution in [0.25, 0.3) is 0 Å². The summed E-state index contributed by atoms with van der Waals surface area (Å²) < 4.78 is 64.7. The fourth-order valence-electron chi connectivity index (χ4n) is 2.96. The Bertz CT molecular complexity index is 883. The molecule has 1 aliphatic rings. The number of benzene rings is 1. The van der Waals surface area contributed by atoms with Crippen LogP contribution in [0.1, 0.15) is 25.7 Å². The number of ether oxygens (including phenoxy) is 2. The zero-order valence-electron chi connectivity index (χ0n) is 14.6. The van der Waals surface area contributed by atoms with E-state index in [9.17, 15) is 17.2 Å². The minimum Gasteiger partial charge on any atom is -0.477 e. The first-order valence-corrected chi connectivity index (χ1v) is 9.86. The minimum absolute atomic E-state index is 0.150. The summed E-state index contributed by atoms with van der Waals surface area (Å²) in [6.07, 6.45) is 5.05. The third-order valence-corrected chi connectivity index (χ3v) is 5.75. The van der Waals surface area contributed by atoms with Crippen LogP contribution in [-0.2, 0) is 10.0 Å². The van der Waals surface area contributed by atoms with Gasteiger partial charge in [-0.2, -0.15) is 0 Å². The molecule has 0 bridgehead atoms. The van der Waals surface area contributed by atoms with Crippen LogP contribution in [0.3, 0.4) is 0 Å².